The van der Waals surface area contributed by atoms with Crippen molar-refractivity contribution in [2.75, 3.05) is 6.61 Å². The van der Waals surface area contributed by atoms with Crippen molar-refractivity contribution in [3.8, 4) is 0 Å². The van der Waals surface area contributed by atoms with E-state index in [0.717, 1.165) is 36.2 Å². The molecule has 0 bridgehead atoms. The maximum absolute atomic E-state index is 10.4. The Morgan fingerprint density at radius 3 is 2.71 bits per heavy atom. The van der Waals surface area contributed by atoms with Gasteiger partial charge in [0.15, 0.2) is 0 Å². The summed E-state index contributed by atoms with van der Waals surface area (Å²) in [6, 6.07) is 8.87. The lowest BCUT2D eigenvalue weighted by molar-refractivity contribution is 0.214. The molecule has 0 amide bonds. The number of rotatable bonds is 1. The Hall–Kier alpha value is -0.643. The molecular formula is C11H16O2Si. The maximum Gasteiger partial charge on any atom is 0.370 e. The predicted octanol–water partition coefficient (Wildman–Crippen LogP) is 1.45. The molecule has 14 heavy (non-hydrogen) atoms. The Balaban J connectivity index is 2.32. The molecule has 0 saturated carbocycles. The Morgan fingerprint density at radius 1 is 1.29 bits per heavy atom. The number of hydrogen-bond donors (Lipinski definition) is 1. The second kappa shape index (κ2) is 3.85. The fourth-order valence-electron chi connectivity index (χ4n) is 2.00. The summed E-state index contributed by atoms with van der Waals surface area (Å²) in [6.07, 6.45) is 2.18. The fourth-order valence-corrected chi connectivity index (χ4v) is 4.84. The van der Waals surface area contributed by atoms with Crippen molar-refractivity contribution in [1.82, 2.24) is 0 Å². The summed E-state index contributed by atoms with van der Waals surface area (Å²) < 4.78 is 5.63. The highest BCUT2D eigenvalue weighted by Crippen LogP contribution is 2.20. The van der Waals surface area contributed by atoms with Crippen LogP contribution in [-0.4, -0.2) is 20.0 Å². The van der Waals surface area contributed by atoms with Crippen molar-refractivity contribution >= 4 is 13.7 Å². The van der Waals surface area contributed by atoms with Crippen molar-refractivity contribution in [2.45, 2.75) is 25.8 Å². The van der Waals surface area contributed by atoms with Gasteiger partial charge in [-0.15, -0.1) is 0 Å². The summed E-state index contributed by atoms with van der Waals surface area (Å²) in [7, 11) is -2.56. The fraction of sp³-hybridized carbons (Fsp3) is 0.455. The van der Waals surface area contributed by atoms with Crippen LogP contribution in [0.15, 0.2) is 24.3 Å². The minimum Gasteiger partial charge on any atom is -0.407 e. The van der Waals surface area contributed by atoms with Crippen LogP contribution < -0.4 is 5.19 Å². The van der Waals surface area contributed by atoms with E-state index < -0.39 is 8.56 Å². The zero-order valence-corrected chi connectivity index (χ0v) is 9.49. The number of benzene rings is 1. The first-order chi connectivity index (χ1) is 6.72. The van der Waals surface area contributed by atoms with Crippen molar-refractivity contribution in [3.63, 3.8) is 0 Å². The Kier molecular flexibility index (Phi) is 2.72. The van der Waals surface area contributed by atoms with E-state index in [9.17, 15) is 4.80 Å². The van der Waals surface area contributed by atoms with E-state index in [1.165, 1.54) is 0 Å². The number of aryl methyl sites for hydroxylation is 1. The van der Waals surface area contributed by atoms with Gasteiger partial charge in [-0.2, -0.15) is 0 Å². The summed E-state index contributed by atoms with van der Waals surface area (Å²) in [5.41, 5.74) is 1.16. The molecule has 76 valence electrons. The van der Waals surface area contributed by atoms with Crippen molar-refractivity contribution in [2.24, 2.45) is 0 Å². The molecule has 1 N–H and O–H groups in total. The Bertz CT molecular complexity index is 319. The van der Waals surface area contributed by atoms with Crippen LogP contribution in [0.25, 0.3) is 0 Å². The lowest BCUT2D eigenvalue weighted by Crippen LogP contribution is -2.54. The summed E-state index contributed by atoms with van der Waals surface area (Å²) in [5.74, 6) is 0. The molecular weight excluding hydrogens is 192 g/mol. The summed E-state index contributed by atoms with van der Waals surface area (Å²) in [6.45, 7) is 2.76. The van der Waals surface area contributed by atoms with E-state index in [1.807, 2.05) is 31.2 Å². The van der Waals surface area contributed by atoms with Gasteiger partial charge in [0.1, 0.15) is 0 Å². The molecule has 1 aromatic carbocycles. The molecule has 0 spiro atoms. The average Bonchev–Trinajstić information content (AvgIpc) is 2.19. The van der Waals surface area contributed by atoms with Crippen LogP contribution in [0.3, 0.4) is 0 Å². The van der Waals surface area contributed by atoms with Crippen molar-refractivity contribution in [3.05, 3.63) is 29.8 Å². The third-order valence-electron chi connectivity index (χ3n) is 2.82. The molecule has 1 aliphatic rings. The largest absolute Gasteiger partial charge is 0.407 e. The molecule has 2 nitrogen and oxygen atoms in total. The van der Waals surface area contributed by atoms with Gasteiger partial charge in [-0.1, -0.05) is 24.3 Å². The maximum atomic E-state index is 10.4. The van der Waals surface area contributed by atoms with Crippen LogP contribution >= 0.6 is 0 Å². The highest BCUT2D eigenvalue weighted by Gasteiger charge is 2.38. The van der Waals surface area contributed by atoms with Crippen LogP contribution in [0.2, 0.25) is 6.04 Å². The van der Waals surface area contributed by atoms with E-state index in [0.29, 0.717) is 0 Å². The van der Waals surface area contributed by atoms with Crippen LogP contribution in [0, 0.1) is 6.92 Å². The van der Waals surface area contributed by atoms with Gasteiger partial charge in [-0.25, -0.2) is 0 Å². The first kappa shape index (κ1) is 9.89. The highest BCUT2D eigenvalue weighted by atomic mass is 28.4. The smallest absolute Gasteiger partial charge is 0.370 e. The molecule has 2 rings (SSSR count). The summed E-state index contributed by atoms with van der Waals surface area (Å²) >= 11 is 0. The van der Waals surface area contributed by atoms with Gasteiger partial charge >= 0.3 is 8.56 Å². The van der Waals surface area contributed by atoms with Crippen molar-refractivity contribution < 1.29 is 9.22 Å². The van der Waals surface area contributed by atoms with E-state index in [-0.39, 0.29) is 0 Å². The molecule has 1 unspecified atom stereocenters. The molecule has 0 aromatic heterocycles. The summed E-state index contributed by atoms with van der Waals surface area (Å²) in [4.78, 5) is 10.4. The van der Waals surface area contributed by atoms with E-state index in [2.05, 4.69) is 0 Å². The Labute approximate surface area is 85.8 Å². The van der Waals surface area contributed by atoms with Gasteiger partial charge in [0, 0.05) is 6.61 Å². The topological polar surface area (TPSA) is 29.5 Å². The zero-order valence-electron chi connectivity index (χ0n) is 8.49. The lowest BCUT2D eigenvalue weighted by atomic mass is 10.2. The third kappa shape index (κ3) is 1.75. The normalized spacial score (nSPS) is 27.6. The minimum atomic E-state index is -2.56. The SMILES string of the molecule is Cc1ccccc1[Si]1(O)CCCCO1. The first-order valence-corrected chi connectivity index (χ1v) is 7.21. The number of hydrogen-bond acceptors (Lipinski definition) is 2. The lowest BCUT2D eigenvalue weighted by Gasteiger charge is -2.30. The van der Waals surface area contributed by atoms with Gasteiger partial charge in [-0.05, 0) is 36.6 Å². The van der Waals surface area contributed by atoms with Gasteiger partial charge in [0.25, 0.3) is 0 Å². The van der Waals surface area contributed by atoms with E-state index >= 15 is 0 Å². The first-order valence-electron chi connectivity index (χ1n) is 5.15. The van der Waals surface area contributed by atoms with Crippen LogP contribution in [-0.2, 0) is 4.43 Å². The highest BCUT2D eigenvalue weighted by molar-refractivity contribution is 6.80. The summed E-state index contributed by atoms with van der Waals surface area (Å²) in [5, 5.41) is 1.06. The average molecular weight is 208 g/mol. The molecule has 1 aromatic rings. The van der Waals surface area contributed by atoms with E-state index in [4.69, 9.17) is 4.43 Å². The molecule has 1 saturated heterocycles. The second-order valence-electron chi connectivity index (χ2n) is 3.90. The van der Waals surface area contributed by atoms with Crippen LogP contribution in [0.1, 0.15) is 18.4 Å². The van der Waals surface area contributed by atoms with Gasteiger partial charge < -0.3 is 9.22 Å². The quantitative estimate of drug-likeness (QED) is 0.708. The molecule has 3 heteroatoms. The van der Waals surface area contributed by atoms with Gasteiger partial charge in [0.05, 0.1) is 0 Å². The molecule has 1 heterocycles. The Morgan fingerprint density at radius 2 is 2.07 bits per heavy atom. The molecule has 1 aliphatic heterocycles. The van der Waals surface area contributed by atoms with Gasteiger partial charge in [-0.3, -0.25) is 0 Å². The minimum absolute atomic E-state index is 0.719. The molecule has 1 fully saturated rings. The predicted molar refractivity (Wildman–Crippen MR) is 58.8 cm³/mol. The standard InChI is InChI=1S/C11H16O2Si/c1-10-6-2-3-7-11(10)14(12)9-5-4-8-13-14/h2-3,6-7,12H,4-5,8-9H2,1H3. The molecule has 0 radical (unpaired) electrons. The van der Waals surface area contributed by atoms with Crippen molar-refractivity contribution in [1.29, 1.82) is 0 Å². The monoisotopic (exact) mass is 208 g/mol. The molecule has 0 aliphatic carbocycles. The second-order valence-corrected chi connectivity index (χ2v) is 6.80. The van der Waals surface area contributed by atoms with E-state index in [1.54, 1.807) is 0 Å². The van der Waals surface area contributed by atoms with Crippen LogP contribution in [0.5, 0.6) is 0 Å². The van der Waals surface area contributed by atoms with Gasteiger partial charge in [0.2, 0.25) is 0 Å². The zero-order chi connectivity index (χ0) is 10.0. The third-order valence-corrected chi connectivity index (χ3v) is 5.93. The van der Waals surface area contributed by atoms with Crippen LogP contribution in [0.4, 0.5) is 0 Å². The molecule has 1 atom stereocenters.